The molecule has 0 spiro atoms. The van der Waals surface area contributed by atoms with Gasteiger partial charge in [-0.1, -0.05) is 19.1 Å². The van der Waals surface area contributed by atoms with Crippen LogP contribution in [0.1, 0.15) is 18.9 Å². The molecule has 2 N–H and O–H groups in total. The Hall–Kier alpha value is -2.39. The van der Waals surface area contributed by atoms with Crippen molar-refractivity contribution in [2.45, 2.75) is 13.3 Å². The number of hydrogen-bond donors (Lipinski definition) is 2. The first-order chi connectivity index (χ1) is 9.56. The van der Waals surface area contributed by atoms with Crippen LogP contribution in [0.2, 0.25) is 0 Å². The van der Waals surface area contributed by atoms with E-state index in [2.05, 4.69) is 5.32 Å². The molecule has 0 aromatic heterocycles. The van der Waals surface area contributed by atoms with E-state index >= 15 is 0 Å². The molecule has 1 rings (SSSR count). The van der Waals surface area contributed by atoms with E-state index in [0.717, 1.165) is 0 Å². The Labute approximate surface area is 117 Å². The molecule has 0 saturated heterocycles. The van der Waals surface area contributed by atoms with Crippen LogP contribution in [0.5, 0.6) is 0 Å². The normalized spacial score (nSPS) is 10.1. The summed E-state index contributed by atoms with van der Waals surface area (Å²) in [5.74, 6) is -1.15. The van der Waals surface area contributed by atoms with Crippen molar-refractivity contribution >= 4 is 17.6 Å². The average Bonchev–Trinajstić information content (AvgIpc) is 2.43. The Morgan fingerprint density at radius 3 is 2.70 bits per heavy atom. The molecule has 0 unspecified atom stereocenters. The minimum atomic E-state index is -0.915. The molecule has 0 aliphatic carbocycles. The molecule has 1 aromatic rings. The minimum Gasteiger partial charge on any atom is -0.480 e. The third-order valence-corrected chi connectivity index (χ3v) is 2.78. The Morgan fingerprint density at radius 1 is 1.40 bits per heavy atom. The Bertz CT molecular complexity index is 523. The van der Waals surface area contributed by atoms with Crippen molar-refractivity contribution in [3.05, 3.63) is 29.8 Å². The molecule has 1 aromatic carbocycles. The standard InChI is InChI=1S/C14H17N3O3/c1-2-17(10-14(19)20)8-7-13(18)16-12-6-4-3-5-11(12)9-15/h3-6H,2,7-8,10H2,1H3,(H,16,18)(H,19,20). The molecule has 0 saturated carbocycles. The molecule has 0 fully saturated rings. The van der Waals surface area contributed by atoms with Gasteiger partial charge < -0.3 is 10.4 Å². The van der Waals surface area contributed by atoms with Crippen molar-refractivity contribution in [1.29, 1.82) is 5.26 Å². The summed E-state index contributed by atoms with van der Waals surface area (Å²) in [5.41, 5.74) is 0.875. The summed E-state index contributed by atoms with van der Waals surface area (Å²) in [6.45, 7) is 2.68. The van der Waals surface area contributed by atoms with Crippen LogP contribution in [0.4, 0.5) is 5.69 Å². The fourth-order valence-corrected chi connectivity index (χ4v) is 1.70. The van der Waals surface area contributed by atoms with Crippen LogP contribution in [0.25, 0.3) is 0 Å². The number of nitriles is 1. The van der Waals surface area contributed by atoms with E-state index in [1.54, 1.807) is 29.2 Å². The zero-order chi connectivity index (χ0) is 15.0. The van der Waals surface area contributed by atoms with E-state index in [-0.39, 0.29) is 18.9 Å². The van der Waals surface area contributed by atoms with E-state index in [4.69, 9.17) is 10.4 Å². The zero-order valence-electron chi connectivity index (χ0n) is 11.3. The lowest BCUT2D eigenvalue weighted by atomic mass is 10.2. The lowest BCUT2D eigenvalue weighted by molar-refractivity contribution is -0.138. The summed E-state index contributed by atoms with van der Waals surface area (Å²) < 4.78 is 0. The number of hydrogen-bond acceptors (Lipinski definition) is 4. The first kappa shape index (κ1) is 15.7. The van der Waals surface area contributed by atoms with Gasteiger partial charge >= 0.3 is 5.97 Å². The molecule has 1 amide bonds. The monoisotopic (exact) mass is 275 g/mol. The van der Waals surface area contributed by atoms with Crippen LogP contribution >= 0.6 is 0 Å². The molecule has 106 valence electrons. The van der Waals surface area contributed by atoms with Crippen LogP contribution in [-0.2, 0) is 9.59 Å². The maximum Gasteiger partial charge on any atom is 0.317 e. The highest BCUT2D eigenvalue weighted by atomic mass is 16.4. The minimum absolute atomic E-state index is 0.0848. The van der Waals surface area contributed by atoms with E-state index in [0.29, 0.717) is 24.3 Å². The van der Waals surface area contributed by atoms with E-state index in [1.807, 2.05) is 13.0 Å². The van der Waals surface area contributed by atoms with Crippen LogP contribution in [0.3, 0.4) is 0 Å². The molecule has 0 atom stereocenters. The maximum absolute atomic E-state index is 11.8. The molecule has 0 aliphatic heterocycles. The highest BCUT2D eigenvalue weighted by Crippen LogP contribution is 2.13. The molecule has 0 heterocycles. The average molecular weight is 275 g/mol. The van der Waals surface area contributed by atoms with Crippen molar-refractivity contribution in [1.82, 2.24) is 4.90 Å². The maximum atomic E-state index is 11.8. The highest BCUT2D eigenvalue weighted by Gasteiger charge is 2.11. The topological polar surface area (TPSA) is 93.4 Å². The summed E-state index contributed by atoms with van der Waals surface area (Å²) >= 11 is 0. The van der Waals surface area contributed by atoms with Gasteiger partial charge in [-0.25, -0.2) is 0 Å². The lowest BCUT2D eigenvalue weighted by Crippen LogP contribution is -2.32. The van der Waals surface area contributed by atoms with Crippen molar-refractivity contribution < 1.29 is 14.7 Å². The lowest BCUT2D eigenvalue weighted by Gasteiger charge is -2.17. The van der Waals surface area contributed by atoms with Crippen LogP contribution in [0, 0.1) is 11.3 Å². The predicted molar refractivity (Wildman–Crippen MR) is 74.2 cm³/mol. The van der Waals surface area contributed by atoms with Crippen LogP contribution < -0.4 is 5.32 Å². The molecular formula is C14H17N3O3. The number of carboxylic acid groups (broad SMARTS) is 1. The van der Waals surface area contributed by atoms with Gasteiger partial charge in [-0.05, 0) is 18.7 Å². The van der Waals surface area contributed by atoms with Gasteiger partial charge in [0.25, 0.3) is 0 Å². The third-order valence-electron chi connectivity index (χ3n) is 2.78. The Balaban J connectivity index is 2.51. The van der Waals surface area contributed by atoms with E-state index in [9.17, 15) is 9.59 Å². The van der Waals surface area contributed by atoms with Crippen molar-refractivity contribution in [2.75, 3.05) is 25.0 Å². The van der Waals surface area contributed by atoms with Crippen LogP contribution in [-0.4, -0.2) is 41.5 Å². The second kappa shape index (κ2) is 7.92. The van der Waals surface area contributed by atoms with Crippen LogP contribution in [0.15, 0.2) is 24.3 Å². The summed E-state index contributed by atoms with van der Waals surface area (Å²) in [4.78, 5) is 24.1. The highest BCUT2D eigenvalue weighted by molar-refractivity contribution is 5.92. The summed E-state index contributed by atoms with van der Waals surface area (Å²) in [7, 11) is 0. The van der Waals surface area contributed by atoms with E-state index < -0.39 is 5.97 Å². The zero-order valence-corrected chi connectivity index (χ0v) is 11.3. The number of nitrogens with zero attached hydrogens (tertiary/aromatic N) is 2. The molecule has 0 aliphatic rings. The van der Waals surface area contributed by atoms with E-state index in [1.165, 1.54) is 0 Å². The van der Waals surface area contributed by atoms with Crippen molar-refractivity contribution in [3.8, 4) is 6.07 Å². The van der Waals surface area contributed by atoms with Gasteiger partial charge in [0.2, 0.25) is 5.91 Å². The number of carbonyl (C=O) groups is 2. The largest absolute Gasteiger partial charge is 0.480 e. The summed E-state index contributed by atoms with van der Waals surface area (Å²) in [6.07, 6.45) is 0.181. The summed E-state index contributed by atoms with van der Waals surface area (Å²) in [5, 5.41) is 20.3. The Kier molecular flexibility index (Phi) is 6.20. The fraction of sp³-hybridized carbons (Fsp3) is 0.357. The van der Waals surface area contributed by atoms with Gasteiger partial charge in [0.1, 0.15) is 6.07 Å². The van der Waals surface area contributed by atoms with Gasteiger partial charge in [-0.15, -0.1) is 0 Å². The number of nitrogens with one attached hydrogen (secondary N) is 1. The molecule has 0 radical (unpaired) electrons. The molecule has 0 bridgehead atoms. The number of aliphatic carboxylic acids is 1. The molecule has 20 heavy (non-hydrogen) atoms. The third kappa shape index (κ3) is 5.08. The predicted octanol–water partition coefficient (Wildman–Crippen LogP) is 1.29. The number of amides is 1. The van der Waals surface area contributed by atoms with Gasteiger partial charge in [-0.2, -0.15) is 5.26 Å². The van der Waals surface area contributed by atoms with Crippen molar-refractivity contribution in [2.24, 2.45) is 0 Å². The second-order valence-electron chi connectivity index (χ2n) is 4.22. The summed E-state index contributed by atoms with van der Waals surface area (Å²) in [6, 6.07) is 8.74. The number of likely N-dealkylation sites (N-methyl/N-ethyl adjacent to an activating group) is 1. The van der Waals surface area contributed by atoms with Gasteiger partial charge in [0.15, 0.2) is 0 Å². The smallest absolute Gasteiger partial charge is 0.317 e. The van der Waals surface area contributed by atoms with Gasteiger partial charge in [-0.3, -0.25) is 14.5 Å². The quantitative estimate of drug-likeness (QED) is 0.782. The first-order valence-corrected chi connectivity index (χ1v) is 6.30. The first-order valence-electron chi connectivity index (χ1n) is 6.30. The number of rotatable bonds is 7. The molecule has 6 nitrogen and oxygen atoms in total. The number of carboxylic acids is 1. The number of carbonyl (C=O) groups excluding carboxylic acids is 1. The molecule has 6 heteroatoms. The Morgan fingerprint density at radius 2 is 2.10 bits per heavy atom. The number of anilines is 1. The number of para-hydroxylation sites is 1. The van der Waals surface area contributed by atoms with Crippen molar-refractivity contribution in [3.63, 3.8) is 0 Å². The fourth-order valence-electron chi connectivity index (χ4n) is 1.70. The SMILES string of the molecule is CCN(CCC(=O)Nc1ccccc1C#N)CC(=O)O. The van der Waals surface area contributed by atoms with Gasteiger partial charge in [0, 0.05) is 13.0 Å². The molecular weight excluding hydrogens is 258 g/mol. The second-order valence-corrected chi connectivity index (χ2v) is 4.22. The number of benzene rings is 1. The van der Waals surface area contributed by atoms with Gasteiger partial charge in [0.05, 0.1) is 17.8 Å².